The minimum atomic E-state index is -0.566. The van der Waals surface area contributed by atoms with Gasteiger partial charge in [-0.25, -0.2) is 0 Å². The fourth-order valence-electron chi connectivity index (χ4n) is 2.15. The largest absolute Gasteiger partial charge is 0.411 e. The van der Waals surface area contributed by atoms with Gasteiger partial charge in [-0.2, -0.15) is 0 Å². The number of rotatable bonds is 6. The second kappa shape index (κ2) is 8.19. The molecule has 1 aromatic heterocycles. The number of nitrogens with zero attached hydrogens (tertiary/aromatic N) is 3. The molecule has 0 saturated heterocycles. The molecule has 1 atom stereocenters. The molecule has 1 unspecified atom stereocenters. The zero-order valence-corrected chi connectivity index (χ0v) is 15.5. The molecule has 10 heteroatoms. The maximum atomic E-state index is 12.3. The molecule has 1 amide bonds. The van der Waals surface area contributed by atoms with E-state index in [1.807, 2.05) is 0 Å². The van der Waals surface area contributed by atoms with Gasteiger partial charge in [0.1, 0.15) is 0 Å². The molecule has 0 fully saturated rings. The maximum Gasteiger partial charge on any atom is 0.277 e. The Bertz CT molecular complexity index is 994. The topological polar surface area (TPSA) is 111 Å². The minimum Gasteiger partial charge on any atom is -0.411 e. The quantitative estimate of drug-likeness (QED) is 0.367. The van der Waals surface area contributed by atoms with Crippen molar-refractivity contribution in [3.05, 3.63) is 63.7 Å². The first kappa shape index (κ1) is 18.9. The number of nitrogens with one attached hydrogen (secondary N) is 1. The number of carbonyl (C=O) groups is 1. The van der Waals surface area contributed by atoms with Gasteiger partial charge in [-0.1, -0.05) is 41.6 Å². The Hall–Kier alpha value is -2.91. The summed E-state index contributed by atoms with van der Waals surface area (Å²) in [4.78, 5) is 22.6. The summed E-state index contributed by atoms with van der Waals surface area (Å²) in [6.07, 6.45) is 0. The van der Waals surface area contributed by atoms with Crippen molar-refractivity contribution >= 4 is 40.6 Å². The molecule has 138 valence electrons. The lowest BCUT2D eigenvalue weighted by molar-refractivity contribution is -0.384. The molecule has 0 bridgehead atoms. The van der Waals surface area contributed by atoms with Crippen molar-refractivity contribution in [1.82, 2.24) is 10.2 Å². The molecule has 3 rings (SSSR count). The number of hydrogen-bond donors (Lipinski definition) is 1. The van der Waals surface area contributed by atoms with Crippen molar-refractivity contribution in [2.75, 3.05) is 5.32 Å². The molecular weight excluding hydrogens is 392 g/mol. The molecule has 2 aromatic carbocycles. The first-order valence-corrected chi connectivity index (χ1v) is 9.00. The average molecular weight is 405 g/mol. The second-order valence-electron chi connectivity index (χ2n) is 5.41. The van der Waals surface area contributed by atoms with Gasteiger partial charge in [-0.15, -0.1) is 10.2 Å². The summed E-state index contributed by atoms with van der Waals surface area (Å²) in [5.41, 5.74) is 0.838. The van der Waals surface area contributed by atoms with Crippen LogP contribution in [0.25, 0.3) is 11.5 Å². The van der Waals surface area contributed by atoms with E-state index in [0.717, 1.165) is 11.8 Å². The number of aromatic nitrogens is 2. The predicted octanol–water partition coefficient (Wildman–Crippen LogP) is 4.42. The molecule has 1 heterocycles. The third kappa shape index (κ3) is 4.63. The van der Waals surface area contributed by atoms with Crippen LogP contribution in [0.15, 0.2) is 58.2 Å². The zero-order valence-electron chi connectivity index (χ0n) is 14.0. The maximum absolute atomic E-state index is 12.3. The molecule has 8 nitrogen and oxygen atoms in total. The van der Waals surface area contributed by atoms with E-state index in [2.05, 4.69) is 15.5 Å². The van der Waals surface area contributed by atoms with E-state index in [4.69, 9.17) is 16.0 Å². The lowest BCUT2D eigenvalue weighted by Gasteiger charge is -2.09. The van der Waals surface area contributed by atoms with Gasteiger partial charge in [0.25, 0.3) is 10.9 Å². The molecule has 0 aliphatic rings. The summed E-state index contributed by atoms with van der Waals surface area (Å²) < 4.78 is 5.56. The van der Waals surface area contributed by atoms with Crippen molar-refractivity contribution in [2.24, 2.45) is 0 Å². The Labute approximate surface area is 163 Å². The van der Waals surface area contributed by atoms with E-state index in [1.165, 1.54) is 18.2 Å². The molecule has 0 saturated carbocycles. The molecule has 0 aliphatic carbocycles. The Balaban J connectivity index is 1.66. The predicted molar refractivity (Wildman–Crippen MR) is 102 cm³/mol. The Kier molecular flexibility index (Phi) is 5.72. The van der Waals surface area contributed by atoms with E-state index in [0.29, 0.717) is 16.3 Å². The molecule has 0 radical (unpaired) electrons. The standard InChI is InChI=1S/C17H13ClN4O4S/c1-10(15(23)19-11-5-4-6-12(9-11)22(24)25)27-17-21-20-16(26-17)13-7-2-3-8-14(13)18/h2-10H,1H3,(H,19,23). The highest BCUT2D eigenvalue weighted by atomic mass is 35.5. The minimum absolute atomic E-state index is 0.102. The zero-order chi connectivity index (χ0) is 19.4. The number of nitro benzene ring substituents is 1. The third-order valence-corrected chi connectivity index (χ3v) is 4.75. The van der Waals surface area contributed by atoms with Gasteiger partial charge in [0.05, 0.1) is 20.8 Å². The van der Waals surface area contributed by atoms with E-state index in [1.54, 1.807) is 37.3 Å². The number of hydrogen-bond acceptors (Lipinski definition) is 7. The smallest absolute Gasteiger partial charge is 0.277 e. The van der Waals surface area contributed by atoms with Crippen LogP contribution in [0.1, 0.15) is 6.92 Å². The van der Waals surface area contributed by atoms with E-state index < -0.39 is 10.2 Å². The highest BCUT2D eigenvalue weighted by molar-refractivity contribution is 8.00. The van der Waals surface area contributed by atoms with E-state index >= 15 is 0 Å². The average Bonchev–Trinajstić information content (AvgIpc) is 3.10. The van der Waals surface area contributed by atoms with Crippen molar-refractivity contribution in [3.63, 3.8) is 0 Å². The summed E-state index contributed by atoms with van der Waals surface area (Å²) in [7, 11) is 0. The van der Waals surface area contributed by atoms with Gasteiger partial charge in [0, 0.05) is 17.8 Å². The summed E-state index contributed by atoms with van der Waals surface area (Å²) in [5.74, 6) is -0.0904. The van der Waals surface area contributed by atoms with Crippen molar-refractivity contribution < 1.29 is 14.1 Å². The third-order valence-electron chi connectivity index (χ3n) is 3.48. The van der Waals surface area contributed by atoms with Crippen LogP contribution < -0.4 is 5.32 Å². The fraction of sp³-hybridized carbons (Fsp3) is 0.118. The highest BCUT2D eigenvalue weighted by Crippen LogP contribution is 2.30. The van der Waals surface area contributed by atoms with Crippen LogP contribution in [0.5, 0.6) is 0 Å². The van der Waals surface area contributed by atoms with Gasteiger partial charge < -0.3 is 9.73 Å². The van der Waals surface area contributed by atoms with Gasteiger partial charge in [0.15, 0.2) is 0 Å². The van der Waals surface area contributed by atoms with E-state index in [-0.39, 0.29) is 22.7 Å². The second-order valence-corrected chi connectivity index (χ2v) is 7.11. The summed E-state index contributed by atoms with van der Waals surface area (Å²) in [5, 5.41) is 21.4. The van der Waals surface area contributed by atoms with Crippen LogP contribution in [0.3, 0.4) is 0 Å². The number of halogens is 1. The Morgan fingerprint density at radius 3 is 2.78 bits per heavy atom. The van der Waals surface area contributed by atoms with Gasteiger partial charge in [-0.05, 0) is 25.1 Å². The van der Waals surface area contributed by atoms with Crippen LogP contribution in [-0.2, 0) is 4.79 Å². The number of carbonyl (C=O) groups excluding carboxylic acids is 1. The number of amides is 1. The molecular formula is C17H13ClN4O4S. The SMILES string of the molecule is CC(Sc1nnc(-c2ccccc2Cl)o1)C(=O)Nc1cccc([N+](=O)[O-])c1. The number of thioether (sulfide) groups is 1. The Morgan fingerprint density at radius 2 is 2.04 bits per heavy atom. The lowest BCUT2D eigenvalue weighted by atomic mass is 10.2. The summed E-state index contributed by atoms with van der Waals surface area (Å²) in [6, 6.07) is 12.8. The number of non-ortho nitro benzene ring substituents is 1. The van der Waals surface area contributed by atoms with Crippen LogP contribution in [0.2, 0.25) is 5.02 Å². The van der Waals surface area contributed by atoms with E-state index in [9.17, 15) is 14.9 Å². The van der Waals surface area contributed by atoms with Gasteiger partial charge in [0.2, 0.25) is 11.8 Å². The summed E-state index contributed by atoms with van der Waals surface area (Å²) in [6.45, 7) is 1.66. The van der Waals surface area contributed by atoms with Crippen LogP contribution in [-0.4, -0.2) is 26.3 Å². The normalized spacial score (nSPS) is 11.8. The van der Waals surface area contributed by atoms with Crippen LogP contribution in [0, 0.1) is 10.1 Å². The molecule has 27 heavy (non-hydrogen) atoms. The fourth-order valence-corrected chi connectivity index (χ4v) is 3.05. The molecule has 3 aromatic rings. The van der Waals surface area contributed by atoms with Crippen molar-refractivity contribution in [3.8, 4) is 11.5 Å². The van der Waals surface area contributed by atoms with Crippen molar-refractivity contribution in [2.45, 2.75) is 17.4 Å². The molecule has 0 spiro atoms. The van der Waals surface area contributed by atoms with Crippen molar-refractivity contribution in [1.29, 1.82) is 0 Å². The number of anilines is 1. The number of benzene rings is 2. The van der Waals surface area contributed by atoms with Gasteiger partial charge in [-0.3, -0.25) is 14.9 Å². The molecule has 1 N–H and O–H groups in total. The summed E-state index contributed by atoms with van der Waals surface area (Å²) >= 11 is 7.18. The number of nitro groups is 1. The highest BCUT2D eigenvalue weighted by Gasteiger charge is 2.20. The first-order chi connectivity index (χ1) is 12.9. The van der Waals surface area contributed by atoms with Crippen LogP contribution >= 0.6 is 23.4 Å². The molecule has 0 aliphatic heterocycles. The van der Waals surface area contributed by atoms with Gasteiger partial charge >= 0.3 is 0 Å². The lowest BCUT2D eigenvalue weighted by Crippen LogP contribution is -2.22. The Morgan fingerprint density at radius 1 is 1.26 bits per heavy atom. The first-order valence-electron chi connectivity index (χ1n) is 7.74. The monoisotopic (exact) mass is 404 g/mol. The van der Waals surface area contributed by atoms with Crippen LogP contribution in [0.4, 0.5) is 11.4 Å².